The fourth-order valence-electron chi connectivity index (χ4n) is 1.43. The third kappa shape index (κ3) is 2.94. The molecule has 1 amide bonds. The van der Waals surface area contributed by atoms with Crippen LogP contribution in [0.15, 0.2) is 23.7 Å². The number of halogens is 2. The van der Waals surface area contributed by atoms with Crippen molar-refractivity contribution < 1.29 is 18.7 Å². The van der Waals surface area contributed by atoms with Gasteiger partial charge in [0.2, 0.25) is 0 Å². The lowest BCUT2D eigenvalue weighted by Crippen LogP contribution is -2.15. The van der Waals surface area contributed by atoms with Crippen LogP contribution in [0.4, 0.5) is 10.1 Å². The van der Waals surface area contributed by atoms with Crippen LogP contribution in [0.2, 0.25) is 5.15 Å². The Labute approximate surface area is 122 Å². The molecule has 0 unspecified atom stereocenters. The molecule has 0 aliphatic heterocycles. The van der Waals surface area contributed by atoms with Crippen molar-refractivity contribution in [2.75, 3.05) is 12.4 Å². The summed E-state index contributed by atoms with van der Waals surface area (Å²) >= 11 is 6.85. The van der Waals surface area contributed by atoms with E-state index in [0.29, 0.717) is 0 Å². The van der Waals surface area contributed by atoms with Crippen LogP contribution in [-0.2, 0) is 4.74 Å². The van der Waals surface area contributed by atoms with Gasteiger partial charge in [0, 0.05) is 0 Å². The van der Waals surface area contributed by atoms with Crippen molar-refractivity contribution in [3.8, 4) is 0 Å². The van der Waals surface area contributed by atoms with E-state index in [1.165, 1.54) is 13.2 Å². The predicted molar refractivity (Wildman–Crippen MR) is 72.8 cm³/mol. The summed E-state index contributed by atoms with van der Waals surface area (Å²) < 4.78 is 17.7. The number of methoxy groups -OCH3 is 1. The molecule has 5 nitrogen and oxygen atoms in total. The Balaban J connectivity index is 2.26. The highest BCUT2D eigenvalue weighted by Gasteiger charge is 2.18. The Kier molecular flexibility index (Phi) is 4.31. The maximum Gasteiger partial charge on any atom is 0.350 e. The molecule has 0 fully saturated rings. The topological polar surface area (TPSA) is 68.3 Å². The lowest BCUT2D eigenvalue weighted by molar-refractivity contribution is 0.0607. The lowest BCUT2D eigenvalue weighted by atomic mass is 10.2. The number of anilines is 1. The number of nitrogens with zero attached hydrogens (tertiary/aromatic N) is 1. The van der Waals surface area contributed by atoms with E-state index in [4.69, 9.17) is 11.6 Å². The number of aromatic nitrogens is 1. The van der Waals surface area contributed by atoms with Gasteiger partial charge in [0.1, 0.15) is 15.8 Å². The summed E-state index contributed by atoms with van der Waals surface area (Å²) in [6.45, 7) is 0. The molecule has 2 aromatic heterocycles. The summed E-state index contributed by atoms with van der Waals surface area (Å²) in [5, 5.41) is 3.96. The maximum absolute atomic E-state index is 13.1. The second-order valence-corrected chi connectivity index (χ2v) is 4.88. The first-order valence-electron chi connectivity index (χ1n) is 5.31. The second-order valence-electron chi connectivity index (χ2n) is 3.60. The molecule has 2 aromatic rings. The van der Waals surface area contributed by atoms with Crippen LogP contribution in [0.25, 0.3) is 0 Å². The molecular formula is C12H8ClFN2O3S. The number of thiophene rings is 1. The highest BCUT2D eigenvalue weighted by atomic mass is 35.5. The van der Waals surface area contributed by atoms with Crippen LogP contribution < -0.4 is 5.32 Å². The molecule has 0 spiro atoms. The lowest BCUT2D eigenvalue weighted by Gasteiger charge is -2.06. The van der Waals surface area contributed by atoms with Crippen LogP contribution in [0.5, 0.6) is 0 Å². The number of pyridine rings is 1. The summed E-state index contributed by atoms with van der Waals surface area (Å²) in [6.07, 6.45) is 0.906. The molecular weight excluding hydrogens is 307 g/mol. The van der Waals surface area contributed by atoms with E-state index in [1.54, 1.807) is 5.38 Å². The van der Waals surface area contributed by atoms with Gasteiger partial charge < -0.3 is 10.1 Å². The van der Waals surface area contributed by atoms with E-state index in [-0.39, 0.29) is 21.3 Å². The maximum atomic E-state index is 13.1. The van der Waals surface area contributed by atoms with Gasteiger partial charge in [-0.15, -0.1) is 11.3 Å². The van der Waals surface area contributed by atoms with Crippen LogP contribution in [0.1, 0.15) is 20.0 Å². The van der Waals surface area contributed by atoms with Gasteiger partial charge in [-0.1, -0.05) is 11.6 Å². The minimum absolute atomic E-state index is 0.117. The summed E-state index contributed by atoms with van der Waals surface area (Å²) in [5.41, 5.74) is 0.154. The van der Waals surface area contributed by atoms with Crippen molar-refractivity contribution >= 4 is 40.5 Å². The van der Waals surface area contributed by atoms with Gasteiger partial charge in [0.15, 0.2) is 0 Å². The van der Waals surface area contributed by atoms with E-state index in [0.717, 1.165) is 23.6 Å². The van der Waals surface area contributed by atoms with Crippen molar-refractivity contribution in [1.29, 1.82) is 0 Å². The first-order chi connectivity index (χ1) is 9.52. The molecule has 0 bridgehead atoms. The zero-order chi connectivity index (χ0) is 14.7. The number of carbonyl (C=O) groups excluding carboxylic acids is 2. The zero-order valence-corrected chi connectivity index (χ0v) is 11.7. The number of ether oxygens (including phenoxy) is 1. The van der Waals surface area contributed by atoms with Gasteiger partial charge in [-0.3, -0.25) is 4.79 Å². The predicted octanol–water partition coefficient (Wildman–Crippen LogP) is 2.97. The van der Waals surface area contributed by atoms with Crippen molar-refractivity contribution in [3.63, 3.8) is 0 Å². The number of nitrogens with one attached hydrogen (secondary N) is 1. The Morgan fingerprint density at radius 3 is 2.95 bits per heavy atom. The van der Waals surface area contributed by atoms with Crippen molar-refractivity contribution in [1.82, 2.24) is 4.98 Å². The normalized spacial score (nSPS) is 10.2. The third-order valence-corrected chi connectivity index (χ3v) is 3.53. The molecule has 0 aliphatic carbocycles. The largest absolute Gasteiger partial charge is 0.465 e. The van der Waals surface area contributed by atoms with E-state index in [1.807, 2.05) is 0 Å². The standard InChI is InChI=1S/C12H8ClFN2O3S/c1-19-12(18)9-8(2-3-20-9)16-11(17)7-4-6(14)5-15-10(7)13/h2-5H,1H3,(H,16,17). The monoisotopic (exact) mass is 314 g/mol. The number of rotatable bonds is 3. The molecule has 0 aromatic carbocycles. The summed E-state index contributed by atoms with van der Waals surface area (Å²) in [6, 6.07) is 2.50. The van der Waals surface area contributed by atoms with E-state index < -0.39 is 17.7 Å². The molecule has 2 heterocycles. The Morgan fingerprint density at radius 2 is 2.25 bits per heavy atom. The summed E-state index contributed by atoms with van der Waals surface area (Å²) in [5.74, 6) is -1.91. The Hall–Kier alpha value is -1.99. The number of amides is 1. The van der Waals surface area contributed by atoms with Gasteiger partial charge >= 0.3 is 5.97 Å². The minimum atomic E-state index is -0.682. The first-order valence-corrected chi connectivity index (χ1v) is 6.57. The molecule has 0 aliphatic rings. The summed E-state index contributed by atoms with van der Waals surface area (Å²) in [7, 11) is 1.24. The van der Waals surface area contributed by atoms with Crippen LogP contribution in [0.3, 0.4) is 0 Å². The minimum Gasteiger partial charge on any atom is -0.465 e. The van der Waals surface area contributed by atoms with E-state index in [9.17, 15) is 14.0 Å². The number of esters is 1. The number of hydrogen-bond acceptors (Lipinski definition) is 5. The molecule has 8 heteroatoms. The zero-order valence-electron chi connectivity index (χ0n) is 10.1. The van der Waals surface area contributed by atoms with Crippen molar-refractivity contribution in [3.05, 3.63) is 45.1 Å². The fourth-order valence-corrected chi connectivity index (χ4v) is 2.38. The molecule has 0 saturated heterocycles. The van der Waals surface area contributed by atoms with E-state index in [2.05, 4.69) is 15.0 Å². The highest BCUT2D eigenvalue weighted by Crippen LogP contribution is 2.24. The average molecular weight is 315 g/mol. The molecule has 0 saturated carbocycles. The van der Waals surface area contributed by atoms with Crippen LogP contribution >= 0.6 is 22.9 Å². The van der Waals surface area contributed by atoms with Gasteiger partial charge in [-0.05, 0) is 17.5 Å². The molecule has 2 rings (SSSR count). The highest BCUT2D eigenvalue weighted by molar-refractivity contribution is 7.12. The molecule has 0 radical (unpaired) electrons. The Bertz CT molecular complexity index is 674. The average Bonchev–Trinajstić information content (AvgIpc) is 2.88. The quantitative estimate of drug-likeness (QED) is 0.698. The van der Waals surface area contributed by atoms with Crippen LogP contribution in [-0.4, -0.2) is 24.0 Å². The van der Waals surface area contributed by atoms with Gasteiger partial charge in [-0.2, -0.15) is 0 Å². The Morgan fingerprint density at radius 1 is 1.50 bits per heavy atom. The van der Waals surface area contributed by atoms with Crippen molar-refractivity contribution in [2.45, 2.75) is 0 Å². The van der Waals surface area contributed by atoms with Crippen LogP contribution in [0, 0.1) is 5.82 Å². The van der Waals surface area contributed by atoms with E-state index >= 15 is 0 Å². The van der Waals surface area contributed by atoms with Gasteiger partial charge in [0.25, 0.3) is 5.91 Å². The third-order valence-electron chi connectivity index (χ3n) is 2.33. The summed E-state index contributed by atoms with van der Waals surface area (Å²) in [4.78, 5) is 27.3. The smallest absolute Gasteiger partial charge is 0.350 e. The SMILES string of the molecule is COC(=O)c1sccc1NC(=O)c1cc(F)cnc1Cl. The second kappa shape index (κ2) is 5.98. The number of hydrogen-bond donors (Lipinski definition) is 1. The van der Waals surface area contributed by atoms with Gasteiger partial charge in [0.05, 0.1) is 24.6 Å². The van der Waals surface area contributed by atoms with Gasteiger partial charge in [-0.25, -0.2) is 14.2 Å². The number of carbonyl (C=O) groups is 2. The molecule has 20 heavy (non-hydrogen) atoms. The fraction of sp³-hybridized carbons (Fsp3) is 0.0833. The molecule has 104 valence electrons. The molecule has 0 atom stereocenters. The first kappa shape index (κ1) is 14.4. The molecule has 1 N–H and O–H groups in total. The van der Waals surface area contributed by atoms with Crippen molar-refractivity contribution in [2.24, 2.45) is 0 Å².